The summed E-state index contributed by atoms with van der Waals surface area (Å²) in [5.74, 6) is -1.53. The van der Waals surface area contributed by atoms with E-state index in [0.717, 1.165) is 0 Å². The molecule has 2 aliphatic rings. The van der Waals surface area contributed by atoms with Gasteiger partial charge < -0.3 is 24.6 Å². The molecule has 158 valence electrons. The molecule has 0 atom stereocenters. The summed E-state index contributed by atoms with van der Waals surface area (Å²) in [6.07, 6.45) is -3.38. The molecule has 0 unspecified atom stereocenters. The summed E-state index contributed by atoms with van der Waals surface area (Å²) in [6.45, 7) is 2.19. The molecule has 7 nitrogen and oxygen atoms in total. The number of para-hydroxylation sites is 1. The van der Waals surface area contributed by atoms with Crippen molar-refractivity contribution in [3.05, 3.63) is 60.1 Å². The maximum Gasteiger partial charge on any atom is 0.451 e. The number of amides is 1. The Kier molecular flexibility index (Phi) is 5.49. The van der Waals surface area contributed by atoms with Crippen LogP contribution in [0.25, 0.3) is 0 Å². The SMILES string of the molecule is O=C(Nc1ccc(N2CCOCC2)nc1)C1=C(C(F)(F)F)OCN1c1ccccc1. The quantitative estimate of drug-likeness (QED) is 0.820. The minimum atomic E-state index is -4.80. The fraction of sp³-hybridized carbons (Fsp3) is 0.300. The first-order chi connectivity index (χ1) is 14.4. The van der Waals surface area contributed by atoms with Crippen molar-refractivity contribution in [2.45, 2.75) is 6.18 Å². The zero-order valence-electron chi connectivity index (χ0n) is 15.9. The Morgan fingerprint density at radius 2 is 1.80 bits per heavy atom. The van der Waals surface area contributed by atoms with Gasteiger partial charge in [0.25, 0.3) is 5.91 Å². The van der Waals surface area contributed by atoms with Crippen molar-refractivity contribution in [1.82, 2.24) is 4.98 Å². The van der Waals surface area contributed by atoms with Gasteiger partial charge in [-0.1, -0.05) is 18.2 Å². The summed E-state index contributed by atoms with van der Waals surface area (Å²) in [5.41, 5.74) is 0.111. The molecular weight excluding hydrogens is 401 g/mol. The summed E-state index contributed by atoms with van der Waals surface area (Å²) >= 11 is 0. The van der Waals surface area contributed by atoms with E-state index in [0.29, 0.717) is 37.8 Å². The Hall–Kier alpha value is -3.27. The monoisotopic (exact) mass is 420 g/mol. The summed E-state index contributed by atoms with van der Waals surface area (Å²) in [4.78, 5) is 20.3. The van der Waals surface area contributed by atoms with Crippen molar-refractivity contribution in [3.8, 4) is 0 Å². The van der Waals surface area contributed by atoms with Gasteiger partial charge in [0.05, 0.1) is 25.1 Å². The molecular formula is C20H19F3N4O3. The second-order valence-corrected chi connectivity index (χ2v) is 6.67. The van der Waals surface area contributed by atoms with Gasteiger partial charge in [0, 0.05) is 18.8 Å². The molecule has 0 radical (unpaired) electrons. The number of nitrogens with zero attached hydrogens (tertiary/aromatic N) is 3. The number of ether oxygens (including phenoxy) is 2. The second-order valence-electron chi connectivity index (χ2n) is 6.67. The lowest BCUT2D eigenvalue weighted by Crippen LogP contribution is -2.36. The number of rotatable bonds is 4. The second kappa shape index (κ2) is 8.23. The highest BCUT2D eigenvalue weighted by Gasteiger charge is 2.46. The van der Waals surface area contributed by atoms with E-state index in [1.165, 1.54) is 11.1 Å². The highest BCUT2D eigenvalue weighted by atomic mass is 19.4. The summed E-state index contributed by atoms with van der Waals surface area (Å²) in [6, 6.07) is 11.6. The number of carbonyl (C=O) groups is 1. The van der Waals surface area contributed by atoms with Crippen LogP contribution in [0.4, 0.5) is 30.4 Å². The predicted molar refractivity (Wildman–Crippen MR) is 104 cm³/mol. The zero-order valence-corrected chi connectivity index (χ0v) is 15.9. The van der Waals surface area contributed by atoms with Crippen molar-refractivity contribution in [2.75, 3.05) is 48.2 Å². The van der Waals surface area contributed by atoms with Crippen LogP contribution < -0.4 is 15.1 Å². The average Bonchev–Trinajstić information content (AvgIpc) is 3.22. The smallest absolute Gasteiger partial charge is 0.451 e. The third-order valence-corrected chi connectivity index (χ3v) is 4.70. The molecule has 2 aromatic rings. The minimum Gasteiger partial charge on any atom is -0.466 e. The number of pyridine rings is 1. The number of anilines is 3. The first-order valence-electron chi connectivity index (χ1n) is 9.30. The van der Waals surface area contributed by atoms with E-state index in [1.807, 2.05) is 4.90 Å². The lowest BCUT2D eigenvalue weighted by Gasteiger charge is -2.27. The van der Waals surface area contributed by atoms with Gasteiger partial charge in [0.2, 0.25) is 5.76 Å². The van der Waals surface area contributed by atoms with Gasteiger partial charge in [-0.2, -0.15) is 13.2 Å². The number of carbonyl (C=O) groups excluding carboxylic acids is 1. The Balaban J connectivity index is 1.56. The van der Waals surface area contributed by atoms with Crippen LogP contribution in [-0.4, -0.2) is 50.1 Å². The van der Waals surface area contributed by atoms with Crippen molar-refractivity contribution >= 4 is 23.1 Å². The summed E-state index contributed by atoms with van der Waals surface area (Å²) < 4.78 is 50.5. The normalized spacial score (nSPS) is 17.2. The Bertz CT molecular complexity index is 927. The van der Waals surface area contributed by atoms with Crippen LogP contribution in [0.3, 0.4) is 0 Å². The van der Waals surface area contributed by atoms with Crippen LogP contribution in [0.15, 0.2) is 60.1 Å². The highest BCUT2D eigenvalue weighted by Crippen LogP contribution is 2.37. The number of allylic oxidation sites excluding steroid dienone is 1. The third kappa shape index (κ3) is 4.18. The van der Waals surface area contributed by atoms with E-state index >= 15 is 0 Å². The molecule has 1 aromatic heterocycles. The molecule has 10 heteroatoms. The molecule has 0 spiro atoms. The number of alkyl halides is 3. The van der Waals surface area contributed by atoms with Crippen LogP contribution >= 0.6 is 0 Å². The van der Waals surface area contributed by atoms with Crippen molar-refractivity contribution < 1.29 is 27.4 Å². The van der Waals surface area contributed by atoms with Crippen molar-refractivity contribution in [3.63, 3.8) is 0 Å². The van der Waals surface area contributed by atoms with Gasteiger partial charge in [-0.15, -0.1) is 0 Å². The van der Waals surface area contributed by atoms with Crippen LogP contribution in [0, 0.1) is 0 Å². The van der Waals surface area contributed by atoms with Crippen LogP contribution in [0.2, 0.25) is 0 Å². The summed E-state index contributed by atoms with van der Waals surface area (Å²) in [7, 11) is 0. The molecule has 1 aromatic carbocycles. The molecule has 3 heterocycles. The minimum absolute atomic E-state index is 0.283. The molecule has 4 rings (SSSR count). The van der Waals surface area contributed by atoms with Gasteiger partial charge in [0.15, 0.2) is 12.4 Å². The number of benzene rings is 1. The van der Waals surface area contributed by atoms with E-state index in [9.17, 15) is 18.0 Å². The lowest BCUT2D eigenvalue weighted by molar-refractivity contribution is -0.129. The van der Waals surface area contributed by atoms with Crippen molar-refractivity contribution in [1.29, 1.82) is 0 Å². The predicted octanol–water partition coefficient (Wildman–Crippen LogP) is 3.12. The lowest BCUT2D eigenvalue weighted by atomic mass is 10.2. The fourth-order valence-corrected chi connectivity index (χ4v) is 3.27. The van der Waals surface area contributed by atoms with Gasteiger partial charge >= 0.3 is 6.18 Å². The van der Waals surface area contributed by atoms with E-state index in [2.05, 4.69) is 10.3 Å². The fourth-order valence-electron chi connectivity index (χ4n) is 3.27. The first kappa shape index (κ1) is 20.0. The van der Waals surface area contributed by atoms with Gasteiger partial charge in [-0.05, 0) is 24.3 Å². The molecule has 0 saturated carbocycles. The molecule has 30 heavy (non-hydrogen) atoms. The van der Waals surface area contributed by atoms with Crippen molar-refractivity contribution in [2.24, 2.45) is 0 Å². The van der Waals surface area contributed by atoms with Gasteiger partial charge in [0.1, 0.15) is 5.82 Å². The maximum atomic E-state index is 13.4. The number of aromatic nitrogens is 1. The Morgan fingerprint density at radius 3 is 2.43 bits per heavy atom. The Labute approximate surface area is 170 Å². The number of morpholine rings is 1. The summed E-state index contributed by atoms with van der Waals surface area (Å²) in [5, 5.41) is 2.49. The number of hydrogen-bond donors (Lipinski definition) is 1. The number of halogens is 3. The molecule has 1 fully saturated rings. The molecule has 2 aliphatic heterocycles. The van der Waals surface area contributed by atoms with Gasteiger partial charge in [-0.25, -0.2) is 4.98 Å². The molecule has 1 amide bonds. The molecule has 0 aliphatic carbocycles. The topological polar surface area (TPSA) is 66.9 Å². The number of hydrogen-bond acceptors (Lipinski definition) is 6. The number of nitrogens with one attached hydrogen (secondary N) is 1. The van der Waals surface area contributed by atoms with Crippen LogP contribution in [-0.2, 0) is 14.3 Å². The first-order valence-corrected chi connectivity index (χ1v) is 9.30. The maximum absolute atomic E-state index is 13.4. The third-order valence-electron chi connectivity index (χ3n) is 4.70. The largest absolute Gasteiger partial charge is 0.466 e. The molecule has 1 N–H and O–H groups in total. The van der Waals surface area contributed by atoms with Crippen LogP contribution in [0.1, 0.15) is 0 Å². The molecule has 1 saturated heterocycles. The van der Waals surface area contributed by atoms with E-state index < -0.39 is 30.3 Å². The zero-order chi connectivity index (χ0) is 21.1. The van der Waals surface area contributed by atoms with E-state index in [4.69, 9.17) is 9.47 Å². The van der Waals surface area contributed by atoms with E-state index in [1.54, 1.807) is 42.5 Å². The van der Waals surface area contributed by atoms with Crippen LogP contribution in [0.5, 0.6) is 0 Å². The van der Waals surface area contributed by atoms with Gasteiger partial charge in [-0.3, -0.25) is 4.79 Å². The standard InChI is InChI=1S/C20H19F3N4O3/c21-20(22,23)18-17(27(13-30-18)15-4-2-1-3-5-15)19(28)25-14-6-7-16(24-12-14)26-8-10-29-11-9-26/h1-7,12H,8-11,13H2,(H,25,28). The average molecular weight is 420 g/mol. The molecule has 0 bridgehead atoms. The van der Waals surface area contributed by atoms with E-state index in [-0.39, 0.29) is 5.69 Å². The highest BCUT2D eigenvalue weighted by molar-refractivity contribution is 6.07. The Morgan fingerprint density at radius 1 is 1.07 bits per heavy atom.